The van der Waals surface area contributed by atoms with Gasteiger partial charge in [-0.05, 0) is 31.5 Å². The van der Waals surface area contributed by atoms with Crippen LogP contribution >= 0.6 is 11.8 Å². The molecule has 0 saturated carbocycles. The zero-order valence-corrected chi connectivity index (χ0v) is 14.6. The third-order valence-corrected chi connectivity index (χ3v) is 5.12. The molecule has 0 amide bonds. The number of nitrogens with zero attached hydrogens (tertiary/aromatic N) is 1. The number of thioether (sulfide) groups is 1. The molecule has 1 aromatic rings. The van der Waals surface area contributed by atoms with E-state index in [-0.39, 0.29) is 42.5 Å². The van der Waals surface area contributed by atoms with Crippen molar-refractivity contribution < 1.29 is 35.9 Å². The van der Waals surface area contributed by atoms with Gasteiger partial charge in [-0.25, -0.2) is 0 Å². The summed E-state index contributed by atoms with van der Waals surface area (Å²) < 4.78 is 82.7. The molecule has 1 aliphatic rings. The first-order valence-electron chi connectivity index (χ1n) is 7.83. The molecule has 3 nitrogen and oxygen atoms in total. The Balaban J connectivity index is 2.15. The summed E-state index contributed by atoms with van der Waals surface area (Å²) in [6, 6.07) is 1.67. The van der Waals surface area contributed by atoms with Crippen LogP contribution in [0.15, 0.2) is 18.2 Å². The highest BCUT2D eigenvalue weighted by Gasteiger charge is 2.40. The number of alkyl halides is 6. The van der Waals surface area contributed by atoms with Crippen molar-refractivity contribution in [1.82, 2.24) is 0 Å². The molecule has 1 aromatic carbocycles. The van der Waals surface area contributed by atoms with Crippen molar-refractivity contribution in [3.05, 3.63) is 29.3 Å². The lowest BCUT2D eigenvalue weighted by Crippen LogP contribution is -2.25. The summed E-state index contributed by atoms with van der Waals surface area (Å²) in [6.45, 7) is 2.41. The second kappa shape index (κ2) is 7.98. The van der Waals surface area contributed by atoms with Gasteiger partial charge in [-0.15, -0.1) is 11.8 Å². The average molecular weight is 401 g/mol. The van der Waals surface area contributed by atoms with Crippen molar-refractivity contribution in [3.8, 4) is 0 Å². The third kappa shape index (κ3) is 5.21. The van der Waals surface area contributed by atoms with Gasteiger partial charge >= 0.3 is 18.3 Å². The largest absolute Gasteiger partial charge is 0.465 e. The molecule has 26 heavy (non-hydrogen) atoms. The summed E-state index contributed by atoms with van der Waals surface area (Å²) in [5.74, 6) is -0.313. The molecule has 1 saturated heterocycles. The van der Waals surface area contributed by atoms with E-state index in [1.807, 2.05) is 0 Å². The van der Waals surface area contributed by atoms with Gasteiger partial charge in [-0.3, -0.25) is 4.79 Å². The fourth-order valence-corrected chi connectivity index (χ4v) is 3.70. The topological polar surface area (TPSA) is 29.5 Å². The Bertz CT molecular complexity index is 647. The van der Waals surface area contributed by atoms with Crippen molar-refractivity contribution >= 4 is 23.4 Å². The number of rotatable bonds is 5. The van der Waals surface area contributed by atoms with Crippen LogP contribution in [0.1, 0.15) is 24.5 Å². The van der Waals surface area contributed by atoms with Gasteiger partial charge in [0.1, 0.15) is 0 Å². The van der Waals surface area contributed by atoms with Crippen molar-refractivity contribution in [2.75, 3.05) is 30.3 Å². The maximum atomic E-state index is 13.2. The quantitative estimate of drug-likeness (QED) is 0.533. The van der Waals surface area contributed by atoms with Crippen molar-refractivity contribution in [2.45, 2.75) is 30.9 Å². The van der Waals surface area contributed by atoms with E-state index in [9.17, 15) is 31.1 Å². The van der Waals surface area contributed by atoms with E-state index in [1.54, 1.807) is 6.92 Å². The lowest BCUT2D eigenvalue weighted by atomic mass is 10.1. The number of hydrogen-bond acceptors (Lipinski definition) is 4. The van der Waals surface area contributed by atoms with Gasteiger partial charge in [0.15, 0.2) is 0 Å². The van der Waals surface area contributed by atoms with Crippen LogP contribution in [0.25, 0.3) is 0 Å². The molecule has 0 radical (unpaired) electrons. The van der Waals surface area contributed by atoms with Crippen LogP contribution in [0, 0.1) is 0 Å². The van der Waals surface area contributed by atoms with Crippen LogP contribution in [-0.4, -0.2) is 36.7 Å². The zero-order valence-electron chi connectivity index (χ0n) is 13.8. The Morgan fingerprint density at radius 1 is 1.23 bits per heavy atom. The Kier molecular flexibility index (Phi) is 6.36. The first-order valence-corrected chi connectivity index (χ1v) is 8.88. The number of halogens is 6. The minimum absolute atomic E-state index is 0.0888. The van der Waals surface area contributed by atoms with Crippen molar-refractivity contribution in [1.29, 1.82) is 0 Å². The van der Waals surface area contributed by atoms with E-state index in [1.165, 1.54) is 16.7 Å². The number of ether oxygens (including phenoxy) is 1. The van der Waals surface area contributed by atoms with Gasteiger partial charge in [0.25, 0.3) is 0 Å². The standard InChI is InChI=1S/C16H17F6NO2S/c1-2-25-14(24)9-26-11-5-6-23(8-11)13-4-3-10(15(17,18)19)7-12(13)16(20,21)22/h3-4,7,11H,2,5-6,8-9H2,1H3. The molecule has 0 aliphatic carbocycles. The summed E-state index contributed by atoms with van der Waals surface area (Å²) in [6.07, 6.45) is -9.21. The zero-order chi connectivity index (χ0) is 19.5. The highest BCUT2D eigenvalue weighted by molar-refractivity contribution is 8.00. The van der Waals surface area contributed by atoms with Crippen LogP contribution in [0.4, 0.5) is 32.0 Å². The Labute approximate surface area is 150 Å². The monoisotopic (exact) mass is 401 g/mol. The number of carbonyl (C=O) groups is 1. The number of benzene rings is 1. The van der Waals surface area contributed by atoms with E-state index in [0.717, 1.165) is 6.07 Å². The van der Waals surface area contributed by atoms with Crippen LogP contribution in [0.3, 0.4) is 0 Å². The van der Waals surface area contributed by atoms with E-state index >= 15 is 0 Å². The minimum Gasteiger partial charge on any atom is -0.465 e. The van der Waals surface area contributed by atoms with Crippen molar-refractivity contribution in [3.63, 3.8) is 0 Å². The number of hydrogen-bond donors (Lipinski definition) is 0. The maximum Gasteiger partial charge on any atom is 0.418 e. The molecule has 10 heteroatoms. The normalized spacial score (nSPS) is 18.3. The fraction of sp³-hybridized carbons (Fsp3) is 0.562. The van der Waals surface area contributed by atoms with E-state index in [0.29, 0.717) is 12.5 Å². The molecule has 1 atom stereocenters. The Hall–Kier alpha value is -1.58. The molecule has 0 spiro atoms. The molecule has 146 valence electrons. The van der Waals surface area contributed by atoms with E-state index < -0.39 is 29.4 Å². The molecule has 0 aromatic heterocycles. The Morgan fingerprint density at radius 3 is 2.50 bits per heavy atom. The molecule has 1 unspecified atom stereocenters. The van der Waals surface area contributed by atoms with Gasteiger partial charge < -0.3 is 9.64 Å². The predicted molar refractivity (Wildman–Crippen MR) is 86.2 cm³/mol. The van der Waals surface area contributed by atoms with Gasteiger partial charge in [-0.1, -0.05) is 0 Å². The molecular formula is C16H17F6NO2S. The molecule has 2 rings (SSSR count). The second-order valence-corrected chi connectivity index (χ2v) is 6.99. The summed E-state index contributed by atoms with van der Waals surface area (Å²) in [5, 5.41) is -0.0946. The molecule has 1 fully saturated rings. The SMILES string of the molecule is CCOC(=O)CSC1CCN(c2ccc(C(F)(F)F)cc2C(F)(F)F)C1. The predicted octanol–water partition coefficient (Wildman–Crippen LogP) is 4.60. The lowest BCUT2D eigenvalue weighted by molar-refractivity contribution is -0.143. The number of esters is 1. The van der Waals surface area contributed by atoms with E-state index in [2.05, 4.69) is 0 Å². The van der Waals surface area contributed by atoms with Gasteiger partial charge in [0, 0.05) is 24.0 Å². The highest BCUT2D eigenvalue weighted by atomic mass is 32.2. The van der Waals surface area contributed by atoms with Crippen LogP contribution < -0.4 is 4.90 Å². The minimum atomic E-state index is -4.90. The van der Waals surface area contributed by atoms with E-state index in [4.69, 9.17) is 4.74 Å². The van der Waals surface area contributed by atoms with Crippen LogP contribution in [0.2, 0.25) is 0 Å². The summed E-state index contributed by atoms with van der Waals surface area (Å²) in [4.78, 5) is 12.8. The summed E-state index contributed by atoms with van der Waals surface area (Å²) in [5.41, 5.74) is -2.91. The molecular weight excluding hydrogens is 384 g/mol. The van der Waals surface area contributed by atoms with Gasteiger partial charge in [-0.2, -0.15) is 26.3 Å². The first kappa shape index (κ1) is 20.7. The molecule has 1 heterocycles. The number of carbonyl (C=O) groups excluding carboxylic acids is 1. The molecule has 0 bridgehead atoms. The van der Waals surface area contributed by atoms with Crippen LogP contribution in [-0.2, 0) is 21.9 Å². The highest BCUT2D eigenvalue weighted by Crippen LogP contribution is 2.42. The average Bonchev–Trinajstić information content (AvgIpc) is 3.00. The smallest absolute Gasteiger partial charge is 0.418 e. The summed E-state index contributed by atoms with van der Waals surface area (Å²) >= 11 is 1.27. The Morgan fingerprint density at radius 2 is 1.92 bits per heavy atom. The van der Waals surface area contributed by atoms with Crippen LogP contribution in [0.5, 0.6) is 0 Å². The first-order chi connectivity index (χ1) is 12.0. The fourth-order valence-electron chi connectivity index (χ4n) is 2.69. The van der Waals surface area contributed by atoms with Crippen molar-refractivity contribution in [2.24, 2.45) is 0 Å². The summed E-state index contributed by atoms with van der Waals surface area (Å²) in [7, 11) is 0. The molecule has 0 N–H and O–H groups in total. The van der Waals surface area contributed by atoms with Gasteiger partial charge in [0.2, 0.25) is 0 Å². The van der Waals surface area contributed by atoms with Gasteiger partial charge in [0.05, 0.1) is 23.5 Å². The maximum absolute atomic E-state index is 13.2. The number of anilines is 1. The molecule has 1 aliphatic heterocycles. The third-order valence-electron chi connectivity index (χ3n) is 3.86. The lowest BCUT2D eigenvalue weighted by Gasteiger charge is -2.24. The second-order valence-electron chi connectivity index (χ2n) is 5.70.